The van der Waals surface area contributed by atoms with Crippen LogP contribution >= 0.6 is 10.7 Å². The maximum Gasteiger partial charge on any atom is 0.324 e. The number of aliphatic hydroxyl groups is 2. The highest BCUT2D eigenvalue weighted by molar-refractivity contribution is 8.17. The Balaban J connectivity index is 1.20. The fourth-order valence-corrected chi connectivity index (χ4v) is 12.1. The average molecular weight is 609 g/mol. The normalized spacial score (nSPS) is 44.6. The van der Waals surface area contributed by atoms with Gasteiger partial charge in [0.15, 0.2) is 0 Å². The van der Waals surface area contributed by atoms with E-state index in [0.717, 1.165) is 32.1 Å². The minimum Gasteiger partial charge on any atom is -0.393 e. The molecule has 5 nitrogen and oxygen atoms in total. The molecule has 0 aromatic carbocycles. The van der Waals surface area contributed by atoms with Gasteiger partial charge in [-0.1, -0.05) is 44.8 Å². The molecule has 0 spiro atoms. The Kier molecular flexibility index (Phi) is 9.67. The summed E-state index contributed by atoms with van der Waals surface area (Å²) in [5.74, 6) is 2.57. The molecule has 42 heavy (non-hydrogen) atoms. The fraction of sp³-hybridized carbons (Fsp3) is 0.824. The number of rotatable bonds is 7. The molecular weight excluding hydrogens is 554 g/mol. The lowest BCUT2D eigenvalue weighted by Gasteiger charge is -2.64. The minimum atomic E-state index is -1.36. The largest absolute Gasteiger partial charge is 0.393 e. The van der Waals surface area contributed by atoms with E-state index in [1.807, 2.05) is 0 Å². The molecule has 4 saturated carbocycles. The van der Waals surface area contributed by atoms with Gasteiger partial charge >= 0.3 is 6.03 Å². The van der Waals surface area contributed by atoms with Crippen molar-refractivity contribution < 1.29 is 23.8 Å². The first-order valence-electron chi connectivity index (χ1n) is 16.6. The summed E-state index contributed by atoms with van der Waals surface area (Å²) in [5.41, 5.74) is 0.400. The first kappa shape index (κ1) is 32.2. The molecule has 4 fully saturated rings. The van der Waals surface area contributed by atoms with Crippen LogP contribution in [0.25, 0.3) is 0 Å². The summed E-state index contributed by atoms with van der Waals surface area (Å²) in [4.78, 5) is 13.2. The van der Waals surface area contributed by atoms with Crippen molar-refractivity contribution in [3.05, 3.63) is 22.9 Å². The lowest BCUT2D eigenvalue weighted by Crippen LogP contribution is -2.62. The summed E-state index contributed by atoms with van der Waals surface area (Å²) in [6.07, 6.45) is 9.98. The van der Waals surface area contributed by atoms with Crippen LogP contribution in [0.5, 0.6) is 0 Å². The second-order valence-corrected chi connectivity index (χ2v) is 16.5. The number of nitrogens with one attached hydrogen (secondary N) is 2. The monoisotopic (exact) mass is 608 g/mol. The quantitative estimate of drug-likeness (QED) is 0.227. The molecule has 0 saturated heterocycles. The minimum absolute atomic E-state index is 0.190. The van der Waals surface area contributed by atoms with Gasteiger partial charge in [0.1, 0.15) is 12.0 Å². The Morgan fingerprint density at radius 2 is 1.86 bits per heavy atom. The van der Waals surface area contributed by atoms with Crippen LogP contribution in [0.3, 0.4) is 0 Å². The number of hydrogen-bond donors (Lipinski definition) is 4. The maximum atomic E-state index is 13.8. The number of carbonyl (C=O) groups excluding carboxylic acids is 1. The summed E-state index contributed by atoms with van der Waals surface area (Å²) < 4.78 is 30.5. The van der Waals surface area contributed by atoms with Crippen LogP contribution in [-0.4, -0.2) is 46.5 Å². The number of amides is 2. The van der Waals surface area contributed by atoms with E-state index >= 15 is 0 Å². The van der Waals surface area contributed by atoms with E-state index in [2.05, 4.69) is 37.7 Å². The van der Waals surface area contributed by atoms with E-state index < -0.39 is 22.7 Å². The zero-order chi connectivity index (χ0) is 30.4. The van der Waals surface area contributed by atoms with E-state index in [0.29, 0.717) is 47.0 Å². The maximum absolute atomic E-state index is 13.8. The van der Waals surface area contributed by atoms with Gasteiger partial charge in [-0.3, -0.25) is 4.72 Å². The van der Waals surface area contributed by atoms with Gasteiger partial charge in [-0.15, -0.1) is 0 Å². The first-order valence-corrected chi connectivity index (χ1v) is 17.9. The number of urea groups is 1. The van der Waals surface area contributed by atoms with E-state index in [1.54, 1.807) is 12.3 Å². The van der Waals surface area contributed by atoms with Crippen LogP contribution in [0, 0.1) is 52.3 Å². The SMILES string of the molecule is C/C=S(\NC(=O)NCC[C@@H](C)[C@H]1CC[C@H]2[C@@H]3[C@H](O)[C@H](CC)C4C[C@H](O)CC[C@]4(C)[C@H]3CC[C@]12C)C1=CC(F)CC(F)=C1. The lowest BCUT2D eigenvalue weighted by molar-refractivity contribution is -0.203. The van der Waals surface area contributed by atoms with Crippen LogP contribution in [-0.2, 0) is 0 Å². The second-order valence-electron chi connectivity index (χ2n) is 14.7. The van der Waals surface area contributed by atoms with Gasteiger partial charge in [0.25, 0.3) is 0 Å². The van der Waals surface area contributed by atoms with Crippen molar-refractivity contribution in [2.24, 2.45) is 52.3 Å². The zero-order valence-electron chi connectivity index (χ0n) is 26.3. The third kappa shape index (κ3) is 5.78. The predicted molar refractivity (Wildman–Crippen MR) is 168 cm³/mol. The molecule has 3 unspecified atom stereocenters. The van der Waals surface area contributed by atoms with Gasteiger partial charge in [-0.2, -0.15) is 0 Å². The number of carbonyl (C=O) groups is 1. The topological polar surface area (TPSA) is 81.6 Å². The molecule has 0 radical (unpaired) electrons. The highest BCUT2D eigenvalue weighted by Crippen LogP contribution is 2.69. The number of aliphatic hydroxyl groups excluding tert-OH is 2. The van der Waals surface area contributed by atoms with Crippen molar-refractivity contribution in [1.29, 1.82) is 0 Å². The molecule has 0 aromatic rings. The predicted octanol–water partition coefficient (Wildman–Crippen LogP) is 7.42. The molecule has 2 amide bonds. The molecule has 5 aliphatic rings. The van der Waals surface area contributed by atoms with Crippen molar-refractivity contribution in [2.45, 2.75) is 117 Å². The number of hydrogen-bond acceptors (Lipinski definition) is 3. The summed E-state index contributed by atoms with van der Waals surface area (Å²) >= 11 is 0. The third-order valence-electron chi connectivity index (χ3n) is 12.8. The molecule has 0 bridgehead atoms. The molecule has 5 aliphatic carbocycles. The molecule has 5 rings (SSSR count). The van der Waals surface area contributed by atoms with E-state index in [1.165, 1.54) is 37.8 Å². The molecular formula is C34H54F2N2O3S. The molecule has 4 N–H and O–H groups in total. The molecule has 0 aliphatic heterocycles. The van der Waals surface area contributed by atoms with Crippen LogP contribution in [0.15, 0.2) is 22.9 Å². The summed E-state index contributed by atoms with van der Waals surface area (Å²) in [6, 6.07) is -0.313. The molecule has 8 heteroatoms. The molecule has 13 atom stereocenters. The van der Waals surface area contributed by atoms with Crippen molar-refractivity contribution in [3.63, 3.8) is 0 Å². The van der Waals surface area contributed by atoms with Crippen LogP contribution in [0.2, 0.25) is 0 Å². The Morgan fingerprint density at radius 1 is 1.14 bits per heavy atom. The van der Waals surface area contributed by atoms with Crippen LogP contribution in [0.1, 0.15) is 98.8 Å². The van der Waals surface area contributed by atoms with Crippen molar-refractivity contribution >= 4 is 22.1 Å². The van der Waals surface area contributed by atoms with Gasteiger partial charge < -0.3 is 15.5 Å². The highest BCUT2D eigenvalue weighted by atomic mass is 32.2. The Bertz CT molecular complexity index is 1110. The van der Waals surface area contributed by atoms with E-state index in [9.17, 15) is 23.8 Å². The number of allylic oxidation sites excluding steroid dienone is 3. The second kappa shape index (κ2) is 12.6. The Hall–Kier alpha value is -1.25. The Morgan fingerprint density at radius 3 is 2.55 bits per heavy atom. The number of fused-ring (bicyclic) bond motifs is 5. The standard InChI is InChI=1S/C34H54F2N2O3S/c1-6-25-29-19-23(39)10-13-34(29,5)28-11-14-33(4)26(8-9-27(33)30(28)31(25)40)20(3)12-15-37-32(41)38-42(7-2)24-17-21(35)16-22(36)18-24/h7,17-18,20-21,23,25-31,39-40H,6,8-16,19H2,1-5H3,(H2,37,38,41)/t20-,21?,23-,25-,26-,27+,28+,29?,30+,31-,33-,34-,42?/m1/s1. The average Bonchev–Trinajstić information content (AvgIpc) is 3.29. The summed E-state index contributed by atoms with van der Waals surface area (Å²) in [7, 11) is -0.858. The van der Waals surface area contributed by atoms with E-state index in [-0.39, 0.29) is 41.4 Å². The van der Waals surface area contributed by atoms with Crippen LogP contribution in [0.4, 0.5) is 13.6 Å². The Labute approximate surface area is 254 Å². The molecule has 0 aromatic heterocycles. The number of halogens is 2. The number of alkyl halides is 1. The lowest BCUT2D eigenvalue weighted by atomic mass is 9.41. The fourth-order valence-electron chi connectivity index (χ4n) is 10.8. The van der Waals surface area contributed by atoms with Crippen molar-refractivity contribution in [3.8, 4) is 0 Å². The molecule has 238 valence electrons. The van der Waals surface area contributed by atoms with Crippen molar-refractivity contribution in [2.75, 3.05) is 6.54 Å². The zero-order valence-corrected chi connectivity index (χ0v) is 27.1. The van der Waals surface area contributed by atoms with Crippen molar-refractivity contribution in [1.82, 2.24) is 10.0 Å². The first-order chi connectivity index (χ1) is 19.9. The van der Waals surface area contributed by atoms with Gasteiger partial charge in [-0.25, -0.2) is 13.6 Å². The highest BCUT2D eigenvalue weighted by Gasteiger charge is 2.64. The summed E-state index contributed by atoms with van der Waals surface area (Å²) in [5, 5.41) is 27.2. The summed E-state index contributed by atoms with van der Waals surface area (Å²) in [6.45, 7) is 11.9. The smallest absolute Gasteiger partial charge is 0.324 e. The van der Waals surface area contributed by atoms with E-state index in [4.69, 9.17) is 0 Å². The van der Waals surface area contributed by atoms with Gasteiger partial charge in [-0.05, 0) is 128 Å². The molecule has 0 heterocycles. The van der Waals surface area contributed by atoms with Crippen LogP contribution < -0.4 is 10.0 Å². The third-order valence-corrected chi connectivity index (χ3v) is 14.4. The van der Waals surface area contributed by atoms with Gasteiger partial charge in [0, 0.05) is 17.9 Å². The van der Waals surface area contributed by atoms with Gasteiger partial charge in [0.05, 0.1) is 12.2 Å². The van der Waals surface area contributed by atoms with Gasteiger partial charge in [0.2, 0.25) is 0 Å².